The van der Waals surface area contributed by atoms with Crippen molar-refractivity contribution < 1.29 is 19.7 Å². The van der Waals surface area contributed by atoms with Gasteiger partial charge in [-0.05, 0) is 18.6 Å². The Balaban J connectivity index is 3.22. The molecule has 0 atom stereocenters. The number of phenols is 1. The van der Waals surface area contributed by atoms with Crippen LogP contribution in [0.2, 0.25) is 0 Å². The third kappa shape index (κ3) is 2.90. The Hall–Kier alpha value is -1.71. The Labute approximate surface area is 101 Å². The summed E-state index contributed by atoms with van der Waals surface area (Å²) in [5.41, 5.74) is 0.879. The normalized spacial score (nSPS) is 11.3. The Kier molecular flexibility index (Phi) is 3.66. The molecule has 4 heteroatoms. The summed E-state index contributed by atoms with van der Waals surface area (Å²) < 4.78 is 5.10. The van der Waals surface area contributed by atoms with Gasteiger partial charge in [-0.1, -0.05) is 13.8 Å². The SMILES string of the molecule is COc1cc(O)c(C(C)(C)CC(=O)O)cc1C. The van der Waals surface area contributed by atoms with Crippen molar-refractivity contribution >= 4 is 5.97 Å². The molecule has 17 heavy (non-hydrogen) atoms. The van der Waals surface area contributed by atoms with Gasteiger partial charge in [0.15, 0.2) is 0 Å². The van der Waals surface area contributed by atoms with Gasteiger partial charge in [-0.15, -0.1) is 0 Å². The van der Waals surface area contributed by atoms with Crippen molar-refractivity contribution in [1.82, 2.24) is 0 Å². The van der Waals surface area contributed by atoms with E-state index in [0.717, 1.165) is 5.56 Å². The molecule has 0 bridgehead atoms. The summed E-state index contributed by atoms with van der Waals surface area (Å²) in [5.74, 6) is -0.223. The monoisotopic (exact) mass is 238 g/mol. The Morgan fingerprint density at radius 2 is 2.00 bits per heavy atom. The average molecular weight is 238 g/mol. The summed E-state index contributed by atoms with van der Waals surface area (Å²) >= 11 is 0. The van der Waals surface area contributed by atoms with E-state index in [1.807, 2.05) is 6.92 Å². The van der Waals surface area contributed by atoms with Crippen LogP contribution in [0.1, 0.15) is 31.4 Å². The zero-order chi connectivity index (χ0) is 13.2. The number of hydrogen-bond acceptors (Lipinski definition) is 3. The van der Waals surface area contributed by atoms with Gasteiger partial charge in [0, 0.05) is 17.0 Å². The van der Waals surface area contributed by atoms with Gasteiger partial charge >= 0.3 is 5.97 Å². The van der Waals surface area contributed by atoms with E-state index < -0.39 is 11.4 Å². The molecule has 0 heterocycles. The topological polar surface area (TPSA) is 66.8 Å². The molecule has 1 aromatic carbocycles. The molecule has 0 aliphatic heterocycles. The molecule has 0 aliphatic rings. The van der Waals surface area contributed by atoms with Crippen molar-refractivity contribution in [2.45, 2.75) is 32.6 Å². The van der Waals surface area contributed by atoms with Gasteiger partial charge in [0.05, 0.1) is 13.5 Å². The van der Waals surface area contributed by atoms with Crippen molar-refractivity contribution in [3.8, 4) is 11.5 Å². The molecule has 94 valence electrons. The van der Waals surface area contributed by atoms with Crippen LogP contribution in [-0.4, -0.2) is 23.3 Å². The predicted octanol–water partition coefficient (Wildman–Crippen LogP) is 2.46. The van der Waals surface area contributed by atoms with Crippen molar-refractivity contribution in [3.05, 3.63) is 23.3 Å². The second-order valence-electron chi connectivity index (χ2n) is 4.79. The van der Waals surface area contributed by atoms with Crippen LogP contribution in [0, 0.1) is 6.92 Å². The molecule has 0 radical (unpaired) electrons. The number of carboxylic acids is 1. The fourth-order valence-corrected chi connectivity index (χ4v) is 1.91. The lowest BCUT2D eigenvalue weighted by Crippen LogP contribution is -2.22. The molecule has 0 saturated carbocycles. The first-order valence-corrected chi connectivity index (χ1v) is 5.38. The highest BCUT2D eigenvalue weighted by molar-refractivity contribution is 5.69. The molecule has 0 spiro atoms. The first-order chi connectivity index (χ1) is 7.77. The lowest BCUT2D eigenvalue weighted by molar-refractivity contribution is -0.138. The molecule has 1 aromatic rings. The molecule has 0 unspecified atom stereocenters. The van der Waals surface area contributed by atoms with Crippen molar-refractivity contribution in [1.29, 1.82) is 0 Å². The van der Waals surface area contributed by atoms with E-state index in [1.54, 1.807) is 19.9 Å². The maximum atomic E-state index is 10.8. The lowest BCUT2D eigenvalue weighted by atomic mass is 9.80. The van der Waals surface area contributed by atoms with E-state index in [-0.39, 0.29) is 12.2 Å². The number of aromatic hydroxyl groups is 1. The molecule has 0 fully saturated rings. The number of rotatable bonds is 4. The van der Waals surface area contributed by atoms with Gasteiger partial charge in [-0.3, -0.25) is 4.79 Å². The quantitative estimate of drug-likeness (QED) is 0.845. The Morgan fingerprint density at radius 1 is 1.41 bits per heavy atom. The van der Waals surface area contributed by atoms with Crippen molar-refractivity contribution in [3.63, 3.8) is 0 Å². The van der Waals surface area contributed by atoms with E-state index in [4.69, 9.17) is 9.84 Å². The van der Waals surface area contributed by atoms with E-state index >= 15 is 0 Å². The summed E-state index contributed by atoms with van der Waals surface area (Å²) in [5, 5.41) is 18.8. The van der Waals surface area contributed by atoms with Crippen LogP contribution >= 0.6 is 0 Å². The van der Waals surface area contributed by atoms with Crippen LogP contribution in [0.5, 0.6) is 11.5 Å². The van der Waals surface area contributed by atoms with Crippen LogP contribution in [0.4, 0.5) is 0 Å². The summed E-state index contributed by atoms with van der Waals surface area (Å²) in [6.45, 7) is 5.45. The summed E-state index contributed by atoms with van der Waals surface area (Å²) in [4.78, 5) is 10.8. The van der Waals surface area contributed by atoms with E-state index in [1.165, 1.54) is 13.2 Å². The number of phenolic OH excluding ortho intramolecular Hbond substituents is 1. The van der Waals surface area contributed by atoms with Gasteiger partial charge in [0.2, 0.25) is 0 Å². The highest BCUT2D eigenvalue weighted by atomic mass is 16.5. The Morgan fingerprint density at radius 3 is 2.47 bits per heavy atom. The van der Waals surface area contributed by atoms with Crippen molar-refractivity contribution in [2.75, 3.05) is 7.11 Å². The maximum Gasteiger partial charge on any atom is 0.304 e. The van der Waals surface area contributed by atoms with E-state index in [0.29, 0.717) is 11.3 Å². The average Bonchev–Trinajstić information content (AvgIpc) is 2.18. The number of aliphatic carboxylic acids is 1. The lowest BCUT2D eigenvalue weighted by Gasteiger charge is -2.25. The van der Waals surface area contributed by atoms with Crippen LogP contribution in [0.15, 0.2) is 12.1 Å². The first kappa shape index (κ1) is 13.4. The van der Waals surface area contributed by atoms with Gasteiger partial charge in [-0.25, -0.2) is 0 Å². The number of methoxy groups -OCH3 is 1. The predicted molar refractivity (Wildman–Crippen MR) is 64.7 cm³/mol. The highest BCUT2D eigenvalue weighted by Gasteiger charge is 2.27. The number of carboxylic acid groups (broad SMARTS) is 1. The third-order valence-electron chi connectivity index (χ3n) is 2.84. The number of ether oxygens (including phenoxy) is 1. The van der Waals surface area contributed by atoms with Crippen LogP contribution < -0.4 is 4.74 Å². The Bertz CT molecular complexity index is 435. The van der Waals surface area contributed by atoms with Gasteiger partial charge in [-0.2, -0.15) is 0 Å². The summed E-state index contributed by atoms with van der Waals surface area (Å²) in [6.07, 6.45) is -0.0354. The minimum absolute atomic E-state index is 0.0354. The van der Waals surface area contributed by atoms with Gasteiger partial charge in [0.1, 0.15) is 11.5 Å². The fraction of sp³-hybridized carbons (Fsp3) is 0.462. The molecule has 0 aromatic heterocycles. The smallest absolute Gasteiger partial charge is 0.304 e. The molecule has 1 rings (SSSR count). The maximum absolute atomic E-state index is 10.8. The summed E-state index contributed by atoms with van der Waals surface area (Å²) in [6, 6.07) is 3.30. The molecular weight excluding hydrogens is 220 g/mol. The minimum atomic E-state index is -0.886. The standard InChI is InChI=1S/C13H18O4/c1-8-5-9(10(14)6-11(8)17-4)13(2,3)7-12(15)16/h5-6,14H,7H2,1-4H3,(H,15,16). The number of aryl methyl sites for hydroxylation is 1. The number of carbonyl (C=O) groups is 1. The highest BCUT2D eigenvalue weighted by Crippen LogP contribution is 2.37. The first-order valence-electron chi connectivity index (χ1n) is 5.38. The zero-order valence-electron chi connectivity index (χ0n) is 10.6. The third-order valence-corrected chi connectivity index (χ3v) is 2.84. The molecule has 4 nitrogen and oxygen atoms in total. The second-order valence-corrected chi connectivity index (χ2v) is 4.79. The molecule has 2 N–H and O–H groups in total. The summed E-state index contributed by atoms with van der Waals surface area (Å²) in [7, 11) is 1.53. The fourth-order valence-electron chi connectivity index (χ4n) is 1.91. The largest absolute Gasteiger partial charge is 0.508 e. The molecule has 0 amide bonds. The second kappa shape index (κ2) is 4.65. The minimum Gasteiger partial charge on any atom is -0.508 e. The molecule has 0 saturated heterocycles. The van der Waals surface area contributed by atoms with Gasteiger partial charge < -0.3 is 14.9 Å². The van der Waals surface area contributed by atoms with Crippen molar-refractivity contribution in [2.24, 2.45) is 0 Å². The number of hydrogen-bond donors (Lipinski definition) is 2. The van der Waals surface area contributed by atoms with E-state index in [2.05, 4.69) is 0 Å². The molecule has 0 aliphatic carbocycles. The van der Waals surface area contributed by atoms with Crippen LogP contribution in [0.25, 0.3) is 0 Å². The van der Waals surface area contributed by atoms with Gasteiger partial charge in [0.25, 0.3) is 0 Å². The van der Waals surface area contributed by atoms with Crippen LogP contribution in [0.3, 0.4) is 0 Å². The zero-order valence-corrected chi connectivity index (χ0v) is 10.6. The number of benzene rings is 1. The van der Waals surface area contributed by atoms with Crippen LogP contribution in [-0.2, 0) is 10.2 Å². The molecular formula is C13H18O4. The van der Waals surface area contributed by atoms with E-state index in [9.17, 15) is 9.90 Å².